The summed E-state index contributed by atoms with van der Waals surface area (Å²) in [6, 6.07) is 0. The van der Waals surface area contributed by atoms with Crippen LogP contribution in [0.2, 0.25) is 0 Å². The fourth-order valence-electron chi connectivity index (χ4n) is 1.92. The summed E-state index contributed by atoms with van der Waals surface area (Å²) in [6.07, 6.45) is 7.35. The van der Waals surface area contributed by atoms with Crippen molar-refractivity contribution >= 4 is 5.91 Å². The molecule has 1 N–H and O–H groups in total. The Morgan fingerprint density at radius 1 is 1.05 bits per heavy atom. The summed E-state index contributed by atoms with van der Waals surface area (Å²) in [5.41, 5.74) is 0.334. The molecule has 114 valence electrons. The highest BCUT2D eigenvalue weighted by atomic mass is 16.5. The van der Waals surface area contributed by atoms with Gasteiger partial charge in [0.2, 0.25) is 5.91 Å². The topological polar surface area (TPSA) is 38.3 Å². The van der Waals surface area contributed by atoms with Crippen LogP contribution in [-0.2, 0) is 9.53 Å². The molecular formula is C16H33NO2. The maximum Gasteiger partial charge on any atom is 0.219 e. The van der Waals surface area contributed by atoms with E-state index in [4.69, 9.17) is 4.74 Å². The van der Waals surface area contributed by atoms with Crippen LogP contribution in [-0.4, -0.2) is 25.7 Å². The first kappa shape index (κ1) is 18.4. The van der Waals surface area contributed by atoms with Crippen LogP contribution < -0.4 is 5.32 Å². The molecule has 0 aliphatic rings. The summed E-state index contributed by atoms with van der Waals surface area (Å²) in [7, 11) is 0. The molecule has 0 aromatic heterocycles. The molecular weight excluding hydrogens is 238 g/mol. The van der Waals surface area contributed by atoms with Crippen molar-refractivity contribution < 1.29 is 9.53 Å². The SMILES string of the molecule is CCOCCCCCCNC(=O)CCCC(C)(C)C. The summed E-state index contributed by atoms with van der Waals surface area (Å²) in [5.74, 6) is 0.207. The van der Waals surface area contributed by atoms with E-state index < -0.39 is 0 Å². The highest BCUT2D eigenvalue weighted by molar-refractivity contribution is 5.75. The van der Waals surface area contributed by atoms with Gasteiger partial charge in [-0.1, -0.05) is 33.6 Å². The first-order valence-corrected chi connectivity index (χ1v) is 7.80. The number of hydrogen-bond donors (Lipinski definition) is 1. The summed E-state index contributed by atoms with van der Waals surface area (Å²) in [4.78, 5) is 11.6. The van der Waals surface area contributed by atoms with E-state index in [2.05, 4.69) is 26.1 Å². The zero-order valence-corrected chi connectivity index (χ0v) is 13.4. The molecule has 3 nitrogen and oxygen atoms in total. The molecule has 0 unspecified atom stereocenters. The number of carbonyl (C=O) groups excluding carboxylic acids is 1. The Hall–Kier alpha value is -0.570. The van der Waals surface area contributed by atoms with Gasteiger partial charge in [-0.3, -0.25) is 4.79 Å². The summed E-state index contributed by atoms with van der Waals surface area (Å²) in [6.45, 7) is 11.2. The molecule has 0 radical (unpaired) electrons. The Balaban J connectivity index is 3.25. The molecule has 0 fully saturated rings. The molecule has 0 aromatic rings. The first-order valence-electron chi connectivity index (χ1n) is 7.80. The van der Waals surface area contributed by atoms with Crippen molar-refractivity contribution in [3.05, 3.63) is 0 Å². The highest BCUT2D eigenvalue weighted by Crippen LogP contribution is 2.21. The van der Waals surface area contributed by atoms with Gasteiger partial charge >= 0.3 is 0 Å². The minimum Gasteiger partial charge on any atom is -0.382 e. The average Bonchev–Trinajstić information content (AvgIpc) is 2.31. The third kappa shape index (κ3) is 15.4. The second-order valence-corrected chi connectivity index (χ2v) is 6.38. The monoisotopic (exact) mass is 271 g/mol. The van der Waals surface area contributed by atoms with Gasteiger partial charge in [0.25, 0.3) is 0 Å². The smallest absolute Gasteiger partial charge is 0.219 e. The predicted molar refractivity (Wildman–Crippen MR) is 81.3 cm³/mol. The Labute approximate surface area is 119 Å². The number of rotatable bonds is 11. The summed E-state index contributed by atoms with van der Waals surface area (Å²) < 4.78 is 5.28. The van der Waals surface area contributed by atoms with Gasteiger partial charge < -0.3 is 10.1 Å². The van der Waals surface area contributed by atoms with Crippen molar-refractivity contribution in [3.63, 3.8) is 0 Å². The van der Waals surface area contributed by atoms with E-state index >= 15 is 0 Å². The number of hydrogen-bond acceptors (Lipinski definition) is 2. The van der Waals surface area contributed by atoms with Crippen LogP contribution in [0.1, 0.15) is 72.6 Å². The van der Waals surface area contributed by atoms with Crippen LogP contribution in [0.5, 0.6) is 0 Å². The largest absolute Gasteiger partial charge is 0.382 e. The lowest BCUT2D eigenvalue weighted by Gasteiger charge is -2.17. The lowest BCUT2D eigenvalue weighted by Crippen LogP contribution is -2.24. The normalized spacial score (nSPS) is 11.6. The van der Waals surface area contributed by atoms with Crippen LogP contribution in [0.3, 0.4) is 0 Å². The van der Waals surface area contributed by atoms with Crippen molar-refractivity contribution in [2.24, 2.45) is 5.41 Å². The Morgan fingerprint density at radius 3 is 2.37 bits per heavy atom. The zero-order valence-electron chi connectivity index (χ0n) is 13.4. The molecule has 0 rings (SSSR count). The number of amides is 1. The van der Waals surface area contributed by atoms with Gasteiger partial charge in [0.15, 0.2) is 0 Å². The first-order chi connectivity index (χ1) is 8.95. The third-order valence-electron chi connectivity index (χ3n) is 3.07. The fourth-order valence-corrected chi connectivity index (χ4v) is 1.92. The van der Waals surface area contributed by atoms with Crippen LogP contribution in [0, 0.1) is 5.41 Å². The lowest BCUT2D eigenvalue weighted by molar-refractivity contribution is -0.121. The van der Waals surface area contributed by atoms with Gasteiger partial charge in [0.1, 0.15) is 0 Å². The quantitative estimate of drug-likeness (QED) is 0.578. The molecule has 0 saturated carbocycles. The fraction of sp³-hybridized carbons (Fsp3) is 0.938. The van der Waals surface area contributed by atoms with E-state index in [1.807, 2.05) is 6.92 Å². The van der Waals surface area contributed by atoms with E-state index in [0.29, 0.717) is 11.8 Å². The minimum atomic E-state index is 0.207. The van der Waals surface area contributed by atoms with Crippen molar-refractivity contribution in [2.75, 3.05) is 19.8 Å². The van der Waals surface area contributed by atoms with E-state index in [1.54, 1.807) is 0 Å². The Morgan fingerprint density at radius 2 is 1.74 bits per heavy atom. The maximum absolute atomic E-state index is 11.6. The average molecular weight is 271 g/mol. The number of unbranched alkanes of at least 4 members (excludes halogenated alkanes) is 3. The van der Waals surface area contributed by atoms with Crippen LogP contribution in [0.25, 0.3) is 0 Å². The highest BCUT2D eigenvalue weighted by Gasteiger charge is 2.10. The summed E-state index contributed by atoms with van der Waals surface area (Å²) >= 11 is 0. The van der Waals surface area contributed by atoms with Gasteiger partial charge in [0.05, 0.1) is 0 Å². The molecule has 0 saturated heterocycles. The molecule has 0 heterocycles. The van der Waals surface area contributed by atoms with E-state index in [9.17, 15) is 4.79 Å². The zero-order chi connectivity index (χ0) is 14.6. The Bertz CT molecular complexity index is 221. The van der Waals surface area contributed by atoms with Gasteiger partial charge in [-0.15, -0.1) is 0 Å². The van der Waals surface area contributed by atoms with E-state index in [1.165, 1.54) is 12.8 Å². The van der Waals surface area contributed by atoms with Crippen molar-refractivity contribution in [1.82, 2.24) is 5.32 Å². The molecule has 0 aromatic carbocycles. The molecule has 1 amide bonds. The van der Waals surface area contributed by atoms with E-state index in [0.717, 1.165) is 45.4 Å². The number of nitrogens with one attached hydrogen (secondary N) is 1. The van der Waals surface area contributed by atoms with Crippen molar-refractivity contribution in [3.8, 4) is 0 Å². The molecule has 0 bridgehead atoms. The second kappa shape index (κ2) is 11.3. The lowest BCUT2D eigenvalue weighted by atomic mass is 9.90. The van der Waals surface area contributed by atoms with Gasteiger partial charge in [-0.2, -0.15) is 0 Å². The number of carbonyl (C=O) groups is 1. The number of ether oxygens (including phenoxy) is 1. The third-order valence-corrected chi connectivity index (χ3v) is 3.07. The maximum atomic E-state index is 11.6. The Kier molecular flexibility index (Phi) is 10.9. The van der Waals surface area contributed by atoms with Gasteiger partial charge in [-0.25, -0.2) is 0 Å². The predicted octanol–water partition coefficient (Wildman–Crippen LogP) is 3.92. The van der Waals surface area contributed by atoms with E-state index in [-0.39, 0.29) is 5.91 Å². The van der Waals surface area contributed by atoms with Gasteiger partial charge in [0, 0.05) is 26.2 Å². The standard InChI is InChI=1S/C16H33NO2/c1-5-19-14-9-7-6-8-13-17-15(18)11-10-12-16(2,3)4/h5-14H2,1-4H3,(H,17,18). The molecule has 0 aliphatic heterocycles. The molecule has 0 aliphatic carbocycles. The molecule has 19 heavy (non-hydrogen) atoms. The minimum absolute atomic E-state index is 0.207. The van der Waals surface area contributed by atoms with Crippen molar-refractivity contribution in [1.29, 1.82) is 0 Å². The molecule has 0 atom stereocenters. The molecule has 0 spiro atoms. The van der Waals surface area contributed by atoms with Crippen LogP contribution in [0.15, 0.2) is 0 Å². The summed E-state index contributed by atoms with van der Waals surface area (Å²) in [5, 5.41) is 3.00. The second-order valence-electron chi connectivity index (χ2n) is 6.38. The van der Waals surface area contributed by atoms with Crippen LogP contribution >= 0.6 is 0 Å². The van der Waals surface area contributed by atoms with Gasteiger partial charge in [-0.05, 0) is 38.0 Å². The molecule has 3 heteroatoms. The van der Waals surface area contributed by atoms with Crippen molar-refractivity contribution in [2.45, 2.75) is 72.6 Å². The van der Waals surface area contributed by atoms with Crippen LogP contribution in [0.4, 0.5) is 0 Å².